The van der Waals surface area contributed by atoms with Gasteiger partial charge in [0.05, 0.1) is 0 Å². The Bertz CT molecular complexity index is 752. The zero-order valence-corrected chi connectivity index (χ0v) is 15.4. The highest BCUT2D eigenvalue weighted by Crippen LogP contribution is 2.24. The zero-order valence-electron chi connectivity index (χ0n) is 14.6. The number of hydrogen-bond acceptors (Lipinski definition) is 3. The lowest BCUT2D eigenvalue weighted by atomic mass is 10.2. The number of thioether (sulfide) groups is 1. The number of benzene rings is 2. The smallest absolute Gasteiger partial charge is 0.319 e. The van der Waals surface area contributed by atoms with Crippen LogP contribution in [0.5, 0.6) is 0 Å². The Balaban J connectivity index is 1.40. The number of carbonyl (C=O) groups is 2. The van der Waals surface area contributed by atoms with Crippen molar-refractivity contribution in [3.63, 3.8) is 0 Å². The van der Waals surface area contributed by atoms with Gasteiger partial charge in [-0.25, -0.2) is 4.79 Å². The molecule has 1 fully saturated rings. The number of hydrogen-bond donors (Lipinski definition) is 2. The second-order valence-corrected chi connectivity index (χ2v) is 7.22. The second-order valence-electron chi connectivity index (χ2n) is 6.12. The molecule has 136 valence electrons. The molecule has 0 spiro atoms. The highest BCUT2D eigenvalue weighted by Gasteiger charge is 2.21. The number of urea groups is 1. The van der Waals surface area contributed by atoms with Crippen molar-refractivity contribution < 1.29 is 9.59 Å². The lowest BCUT2D eigenvalue weighted by molar-refractivity contribution is -0.117. The van der Waals surface area contributed by atoms with Crippen molar-refractivity contribution in [2.75, 3.05) is 29.1 Å². The third-order valence-electron chi connectivity index (χ3n) is 4.13. The van der Waals surface area contributed by atoms with Gasteiger partial charge in [-0.3, -0.25) is 4.79 Å². The largest absolute Gasteiger partial charge is 0.337 e. The second kappa shape index (κ2) is 9.29. The van der Waals surface area contributed by atoms with Gasteiger partial charge in [0.25, 0.3) is 0 Å². The van der Waals surface area contributed by atoms with E-state index in [0.29, 0.717) is 18.7 Å². The highest BCUT2D eigenvalue weighted by molar-refractivity contribution is 7.98. The average molecular weight is 369 g/mol. The van der Waals surface area contributed by atoms with Crippen LogP contribution in [0.4, 0.5) is 16.2 Å². The summed E-state index contributed by atoms with van der Waals surface area (Å²) in [4.78, 5) is 25.6. The first-order valence-corrected chi connectivity index (χ1v) is 9.95. The van der Waals surface area contributed by atoms with E-state index in [-0.39, 0.29) is 11.9 Å². The van der Waals surface area contributed by atoms with Gasteiger partial charge >= 0.3 is 6.03 Å². The minimum absolute atomic E-state index is 0.141. The molecule has 1 saturated heterocycles. The number of amides is 3. The maximum Gasteiger partial charge on any atom is 0.319 e. The molecule has 0 radical (unpaired) electrons. The Morgan fingerprint density at radius 1 is 1.12 bits per heavy atom. The third kappa shape index (κ3) is 5.26. The van der Waals surface area contributed by atoms with E-state index in [1.165, 1.54) is 5.56 Å². The molecular formula is C20H23N3O2S. The molecule has 0 atom stereocenters. The van der Waals surface area contributed by atoms with Crippen LogP contribution < -0.4 is 15.5 Å². The van der Waals surface area contributed by atoms with Crippen LogP contribution in [0.1, 0.15) is 18.4 Å². The average Bonchev–Trinajstić information content (AvgIpc) is 3.08. The first-order chi connectivity index (χ1) is 12.7. The first kappa shape index (κ1) is 18.3. The van der Waals surface area contributed by atoms with E-state index in [1.54, 1.807) is 16.7 Å². The lowest BCUT2D eigenvalue weighted by Gasteiger charge is -2.17. The molecule has 6 heteroatoms. The predicted octanol–water partition coefficient (Wildman–Crippen LogP) is 3.87. The molecule has 3 amide bonds. The highest BCUT2D eigenvalue weighted by atomic mass is 32.2. The Hall–Kier alpha value is -2.47. The zero-order chi connectivity index (χ0) is 18.2. The summed E-state index contributed by atoms with van der Waals surface area (Å²) in [7, 11) is 0. The van der Waals surface area contributed by atoms with Crippen molar-refractivity contribution in [3.05, 3.63) is 60.2 Å². The fraction of sp³-hybridized carbons (Fsp3) is 0.300. The van der Waals surface area contributed by atoms with Gasteiger partial charge in [-0.2, -0.15) is 11.8 Å². The van der Waals surface area contributed by atoms with Gasteiger partial charge in [0.1, 0.15) is 0 Å². The fourth-order valence-corrected chi connectivity index (χ4v) is 3.67. The Kier molecular flexibility index (Phi) is 6.55. The van der Waals surface area contributed by atoms with Crippen LogP contribution in [-0.2, 0) is 10.5 Å². The van der Waals surface area contributed by atoms with Crippen molar-refractivity contribution in [1.82, 2.24) is 5.32 Å². The monoisotopic (exact) mass is 369 g/mol. The lowest BCUT2D eigenvalue weighted by Crippen LogP contribution is -2.30. The first-order valence-electron chi connectivity index (χ1n) is 8.79. The van der Waals surface area contributed by atoms with Gasteiger partial charge in [0, 0.05) is 42.4 Å². The molecule has 26 heavy (non-hydrogen) atoms. The molecule has 2 N–H and O–H groups in total. The van der Waals surface area contributed by atoms with Crippen molar-refractivity contribution in [3.8, 4) is 0 Å². The minimum atomic E-state index is -0.227. The number of rotatable bonds is 7. The predicted molar refractivity (Wildman–Crippen MR) is 108 cm³/mol. The molecule has 3 rings (SSSR count). The minimum Gasteiger partial charge on any atom is -0.337 e. The summed E-state index contributed by atoms with van der Waals surface area (Å²) in [6.07, 6.45) is 1.48. The van der Waals surface area contributed by atoms with Crippen molar-refractivity contribution in [2.45, 2.75) is 18.6 Å². The number of nitrogens with one attached hydrogen (secondary N) is 2. The van der Waals surface area contributed by atoms with E-state index < -0.39 is 0 Å². The summed E-state index contributed by atoms with van der Waals surface area (Å²) in [5.74, 6) is 1.93. The van der Waals surface area contributed by atoms with Gasteiger partial charge in [0.2, 0.25) is 5.91 Å². The molecular weight excluding hydrogens is 346 g/mol. The number of nitrogens with zero attached hydrogens (tertiary/aromatic N) is 1. The summed E-state index contributed by atoms with van der Waals surface area (Å²) in [6.45, 7) is 1.35. The third-order valence-corrected chi connectivity index (χ3v) is 5.16. The van der Waals surface area contributed by atoms with Crippen LogP contribution in [0, 0.1) is 0 Å². The van der Waals surface area contributed by atoms with E-state index in [2.05, 4.69) is 22.8 Å². The Labute approximate surface area is 158 Å². The number of anilines is 2. The van der Waals surface area contributed by atoms with E-state index in [4.69, 9.17) is 0 Å². The van der Waals surface area contributed by atoms with E-state index >= 15 is 0 Å². The molecule has 1 aliphatic heterocycles. The van der Waals surface area contributed by atoms with Crippen LogP contribution in [0.2, 0.25) is 0 Å². The van der Waals surface area contributed by atoms with E-state index in [1.807, 2.05) is 42.5 Å². The maximum absolute atomic E-state index is 12.0. The molecule has 0 unspecified atom stereocenters. The van der Waals surface area contributed by atoms with Crippen molar-refractivity contribution in [2.24, 2.45) is 0 Å². The standard InChI is InChI=1S/C20H23N3O2S/c24-19-10-5-12-23(19)18-9-4-8-17(14-18)22-20(25)21-11-13-26-15-16-6-2-1-3-7-16/h1-4,6-9,14H,5,10-13,15H2,(H2,21,22,25). The molecule has 0 aromatic heterocycles. The van der Waals surface area contributed by atoms with Crippen LogP contribution in [0.3, 0.4) is 0 Å². The normalized spacial score (nSPS) is 13.7. The SMILES string of the molecule is O=C(NCCSCc1ccccc1)Nc1cccc(N2CCCC2=O)c1. The van der Waals surface area contributed by atoms with Crippen LogP contribution >= 0.6 is 11.8 Å². The van der Waals surface area contributed by atoms with Gasteiger partial charge in [-0.1, -0.05) is 36.4 Å². The van der Waals surface area contributed by atoms with Crippen molar-refractivity contribution >= 4 is 35.1 Å². The van der Waals surface area contributed by atoms with E-state index in [9.17, 15) is 9.59 Å². The van der Waals surface area contributed by atoms with Gasteiger partial charge in [-0.05, 0) is 30.2 Å². The molecule has 1 heterocycles. The molecule has 2 aromatic carbocycles. The summed E-state index contributed by atoms with van der Waals surface area (Å²) in [5.41, 5.74) is 2.82. The summed E-state index contributed by atoms with van der Waals surface area (Å²) in [5, 5.41) is 5.70. The van der Waals surface area contributed by atoms with Crippen LogP contribution in [-0.4, -0.2) is 30.8 Å². The van der Waals surface area contributed by atoms with Crippen molar-refractivity contribution in [1.29, 1.82) is 0 Å². The topological polar surface area (TPSA) is 61.4 Å². The molecule has 1 aliphatic rings. The molecule has 0 aliphatic carbocycles. The maximum atomic E-state index is 12.0. The Morgan fingerprint density at radius 3 is 2.73 bits per heavy atom. The van der Waals surface area contributed by atoms with E-state index in [0.717, 1.165) is 30.2 Å². The molecule has 0 bridgehead atoms. The summed E-state index contributed by atoms with van der Waals surface area (Å²) in [6, 6.07) is 17.5. The fourth-order valence-electron chi connectivity index (χ4n) is 2.85. The van der Waals surface area contributed by atoms with Gasteiger partial charge in [0.15, 0.2) is 0 Å². The van der Waals surface area contributed by atoms with Crippen LogP contribution in [0.15, 0.2) is 54.6 Å². The summed E-state index contributed by atoms with van der Waals surface area (Å²) >= 11 is 1.79. The van der Waals surface area contributed by atoms with Gasteiger partial charge in [-0.15, -0.1) is 0 Å². The van der Waals surface area contributed by atoms with Crippen LogP contribution in [0.25, 0.3) is 0 Å². The molecule has 0 saturated carbocycles. The summed E-state index contributed by atoms with van der Waals surface area (Å²) < 4.78 is 0. The Morgan fingerprint density at radius 2 is 1.96 bits per heavy atom. The number of carbonyl (C=O) groups excluding carboxylic acids is 2. The molecule has 5 nitrogen and oxygen atoms in total. The quantitative estimate of drug-likeness (QED) is 0.729. The molecule has 2 aromatic rings. The van der Waals surface area contributed by atoms with Gasteiger partial charge < -0.3 is 15.5 Å².